The molecule has 0 radical (unpaired) electrons. The third-order valence-corrected chi connectivity index (χ3v) is 2.95. The summed E-state index contributed by atoms with van der Waals surface area (Å²) in [7, 11) is 0. The van der Waals surface area contributed by atoms with Crippen LogP contribution in [0, 0.1) is 5.92 Å². The zero-order valence-corrected chi connectivity index (χ0v) is 11.8. The molecule has 1 heterocycles. The topological polar surface area (TPSA) is 46.9 Å². The normalized spacial score (nSPS) is 10.6. The van der Waals surface area contributed by atoms with Gasteiger partial charge < -0.3 is 5.32 Å². The minimum atomic E-state index is -0.0951. The van der Waals surface area contributed by atoms with E-state index in [9.17, 15) is 4.79 Å². The molecule has 0 aromatic carbocycles. The molecule has 0 atom stereocenters. The van der Waals surface area contributed by atoms with Gasteiger partial charge in [-0.2, -0.15) is 5.10 Å². The van der Waals surface area contributed by atoms with Gasteiger partial charge in [0.25, 0.3) is 5.56 Å². The number of nitrogens with one attached hydrogen (secondary N) is 1. The van der Waals surface area contributed by atoms with Crippen LogP contribution in [0.1, 0.15) is 20.3 Å². The van der Waals surface area contributed by atoms with Crippen molar-refractivity contribution >= 4 is 21.6 Å². The molecule has 0 saturated carbocycles. The molecule has 1 aromatic rings. The van der Waals surface area contributed by atoms with E-state index in [1.54, 1.807) is 6.20 Å². The SMILES string of the molecule is C=CCCNc1cnn(CC(C)C)c(=O)c1Br. The van der Waals surface area contributed by atoms with Gasteiger partial charge in [0.05, 0.1) is 11.9 Å². The minimum Gasteiger partial charge on any atom is -0.382 e. The monoisotopic (exact) mass is 299 g/mol. The van der Waals surface area contributed by atoms with Crippen molar-refractivity contribution in [3.8, 4) is 0 Å². The molecule has 0 spiro atoms. The van der Waals surface area contributed by atoms with Crippen LogP contribution < -0.4 is 10.9 Å². The maximum atomic E-state index is 12.0. The molecule has 0 aliphatic rings. The lowest BCUT2D eigenvalue weighted by atomic mass is 10.2. The first-order valence-corrected chi connectivity index (χ1v) is 6.46. The van der Waals surface area contributed by atoms with Crippen molar-refractivity contribution in [3.05, 3.63) is 33.7 Å². The molecule has 4 nitrogen and oxygen atoms in total. The predicted octanol–water partition coefficient (Wildman–Crippen LogP) is 2.65. The van der Waals surface area contributed by atoms with Crippen molar-refractivity contribution in [2.45, 2.75) is 26.8 Å². The van der Waals surface area contributed by atoms with E-state index in [4.69, 9.17) is 0 Å². The van der Waals surface area contributed by atoms with Gasteiger partial charge >= 0.3 is 0 Å². The molecule has 17 heavy (non-hydrogen) atoms. The van der Waals surface area contributed by atoms with E-state index in [0.717, 1.165) is 18.7 Å². The second-order valence-corrected chi connectivity index (χ2v) is 5.05. The van der Waals surface area contributed by atoms with Gasteiger partial charge in [-0.3, -0.25) is 4.79 Å². The lowest BCUT2D eigenvalue weighted by Crippen LogP contribution is -2.26. The zero-order valence-electron chi connectivity index (χ0n) is 10.2. The fourth-order valence-corrected chi connectivity index (χ4v) is 1.82. The van der Waals surface area contributed by atoms with Gasteiger partial charge in [-0.25, -0.2) is 4.68 Å². The van der Waals surface area contributed by atoms with E-state index in [-0.39, 0.29) is 5.56 Å². The first-order valence-electron chi connectivity index (χ1n) is 5.66. The molecule has 1 N–H and O–H groups in total. The highest BCUT2D eigenvalue weighted by Gasteiger charge is 2.08. The van der Waals surface area contributed by atoms with E-state index >= 15 is 0 Å². The number of halogens is 1. The minimum absolute atomic E-state index is 0.0951. The fourth-order valence-electron chi connectivity index (χ4n) is 1.37. The molecular weight excluding hydrogens is 282 g/mol. The lowest BCUT2D eigenvalue weighted by molar-refractivity contribution is 0.462. The predicted molar refractivity (Wildman–Crippen MR) is 74.3 cm³/mol. The summed E-state index contributed by atoms with van der Waals surface area (Å²) < 4.78 is 2.02. The largest absolute Gasteiger partial charge is 0.382 e. The third-order valence-electron chi connectivity index (χ3n) is 2.19. The molecule has 1 aromatic heterocycles. The van der Waals surface area contributed by atoms with Crippen LogP contribution in [0.25, 0.3) is 0 Å². The Morgan fingerprint density at radius 3 is 2.94 bits per heavy atom. The molecule has 94 valence electrons. The summed E-state index contributed by atoms with van der Waals surface area (Å²) in [5, 5.41) is 7.29. The van der Waals surface area contributed by atoms with Crippen LogP contribution in [0.2, 0.25) is 0 Å². The number of hydrogen-bond acceptors (Lipinski definition) is 3. The third kappa shape index (κ3) is 4.00. The van der Waals surface area contributed by atoms with Gasteiger partial charge in [-0.1, -0.05) is 19.9 Å². The van der Waals surface area contributed by atoms with Gasteiger partial charge in [0, 0.05) is 13.1 Å². The van der Waals surface area contributed by atoms with E-state index in [1.165, 1.54) is 4.68 Å². The average Bonchev–Trinajstić information content (AvgIpc) is 2.28. The first-order chi connectivity index (χ1) is 8.06. The van der Waals surface area contributed by atoms with Gasteiger partial charge in [0.1, 0.15) is 4.47 Å². The lowest BCUT2D eigenvalue weighted by Gasteiger charge is -2.11. The summed E-state index contributed by atoms with van der Waals surface area (Å²) in [6, 6.07) is 0. The summed E-state index contributed by atoms with van der Waals surface area (Å²) in [6.45, 7) is 9.13. The fraction of sp³-hybridized carbons (Fsp3) is 0.500. The van der Waals surface area contributed by atoms with Crippen molar-refractivity contribution in [1.29, 1.82) is 0 Å². The molecule has 0 fully saturated rings. The zero-order chi connectivity index (χ0) is 12.8. The number of nitrogens with zero attached hydrogens (tertiary/aromatic N) is 2. The van der Waals surface area contributed by atoms with Gasteiger partial charge in [-0.05, 0) is 28.3 Å². The van der Waals surface area contributed by atoms with Crippen molar-refractivity contribution in [3.63, 3.8) is 0 Å². The van der Waals surface area contributed by atoms with E-state index in [0.29, 0.717) is 16.9 Å². The van der Waals surface area contributed by atoms with Crippen LogP contribution in [0.4, 0.5) is 5.69 Å². The van der Waals surface area contributed by atoms with Crippen LogP contribution in [0.15, 0.2) is 28.1 Å². The standard InChI is InChI=1S/C12H18BrN3O/c1-4-5-6-14-10-7-15-16(8-9(2)3)12(17)11(10)13/h4,7,9,14H,1,5-6,8H2,2-3H3. The van der Waals surface area contributed by atoms with Crippen molar-refractivity contribution < 1.29 is 0 Å². The second-order valence-electron chi connectivity index (χ2n) is 4.26. The Balaban J connectivity index is 2.86. The highest BCUT2D eigenvalue weighted by atomic mass is 79.9. The highest BCUT2D eigenvalue weighted by Crippen LogP contribution is 2.16. The Morgan fingerprint density at radius 1 is 1.65 bits per heavy atom. The number of anilines is 1. The number of rotatable bonds is 6. The number of hydrogen-bond donors (Lipinski definition) is 1. The second kappa shape index (κ2) is 6.59. The molecule has 0 amide bonds. The molecule has 1 rings (SSSR count). The Labute approximate surface area is 110 Å². The van der Waals surface area contributed by atoms with Crippen LogP contribution in [0.5, 0.6) is 0 Å². The molecule has 0 bridgehead atoms. The van der Waals surface area contributed by atoms with Crippen LogP contribution in [-0.2, 0) is 6.54 Å². The van der Waals surface area contributed by atoms with Crippen molar-refractivity contribution in [1.82, 2.24) is 9.78 Å². The highest BCUT2D eigenvalue weighted by molar-refractivity contribution is 9.10. The Hall–Kier alpha value is -1.10. The summed E-state index contributed by atoms with van der Waals surface area (Å²) >= 11 is 3.31. The molecular formula is C12H18BrN3O. The van der Waals surface area contributed by atoms with E-state index < -0.39 is 0 Å². The molecule has 5 heteroatoms. The van der Waals surface area contributed by atoms with Crippen molar-refractivity contribution in [2.75, 3.05) is 11.9 Å². The van der Waals surface area contributed by atoms with Crippen molar-refractivity contribution in [2.24, 2.45) is 5.92 Å². The molecule has 0 aliphatic carbocycles. The molecule has 0 aliphatic heterocycles. The Morgan fingerprint density at radius 2 is 2.35 bits per heavy atom. The average molecular weight is 300 g/mol. The van der Waals surface area contributed by atoms with Crippen LogP contribution >= 0.6 is 15.9 Å². The molecule has 0 saturated heterocycles. The maximum Gasteiger partial charge on any atom is 0.283 e. The summed E-state index contributed by atoms with van der Waals surface area (Å²) in [6.07, 6.45) is 4.35. The van der Waals surface area contributed by atoms with Gasteiger partial charge in [-0.15, -0.1) is 6.58 Å². The maximum absolute atomic E-state index is 12.0. The summed E-state index contributed by atoms with van der Waals surface area (Å²) in [5.74, 6) is 0.395. The van der Waals surface area contributed by atoms with E-state index in [2.05, 4.69) is 46.8 Å². The Kier molecular flexibility index (Phi) is 5.41. The Bertz CT molecular complexity index is 440. The van der Waals surface area contributed by atoms with Crippen LogP contribution in [-0.4, -0.2) is 16.3 Å². The smallest absolute Gasteiger partial charge is 0.283 e. The molecule has 0 unspecified atom stereocenters. The van der Waals surface area contributed by atoms with E-state index in [1.807, 2.05) is 6.08 Å². The first kappa shape index (κ1) is 14.0. The number of aromatic nitrogens is 2. The van der Waals surface area contributed by atoms with Gasteiger partial charge in [0.15, 0.2) is 0 Å². The summed E-state index contributed by atoms with van der Waals surface area (Å²) in [4.78, 5) is 12.0. The van der Waals surface area contributed by atoms with Crippen LogP contribution in [0.3, 0.4) is 0 Å². The summed E-state index contributed by atoms with van der Waals surface area (Å²) in [5.41, 5.74) is 0.638. The van der Waals surface area contributed by atoms with Gasteiger partial charge in [0.2, 0.25) is 0 Å². The quantitative estimate of drug-likeness (QED) is 0.649.